The van der Waals surface area contributed by atoms with Gasteiger partial charge in [0.05, 0.1) is 13.0 Å². The van der Waals surface area contributed by atoms with Crippen molar-refractivity contribution < 1.29 is 9.53 Å². The highest BCUT2D eigenvalue weighted by Crippen LogP contribution is 2.19. The number of ether oxygens (including phenoxy) is 1. The second-order valence-corrected chi connectivity index (χ2v) is 4.80. The maximum Gasteiger partial charge on any atom is 0.227 e. The molecule has 21 heavy (non-hydrogen) atoms. The maximum absolute atomic E-state index is 12.3. The van der Waals surface area contributed by atoms with Gasteiger partial charge in [0.1, 0.15) is 0 Å². The SMILES string of the molecule is CCC(C(=O)NCc1ccc(OC)nc1)c1ccccc1. The van der Waals surface area contributed by atoms with Crippen molar-refractivity contribution >= 4 is 5.91 Å². The van der Waals surface area contributed by atoms with E-state index < -0.39 is 0 Å². The Morgan fingerprint density at radius 1 is 1.24 bits per heavy atom. The summed E-state index contributed by atoms with van der Waals surface area (Å²) in [5.41, 5.74) is 2.00. The van der Waals surface area contributed by atoms with E-state index in [9.17, 15) is 4.79 Å². The average molecular weight is 284 g/mol. The van der Waals surface area contributed by atoms with Crippen LogP contribution in [0.3, 0.4) is 0 Å². The van der Waals surface area contributed by atoms with Crippen LogP contribution in [-0.2, 0) is 11.3 Å². The van der Waals surface area contributed by atoms with Gasteiger partial charge >= 0.3 is 0 Å². The minimum Gasteiger partial charge on any atom is -0.481 e. The molecule has 0 aliphatic rings. The van der Waals surface area contributed by atoms with Crippen molar-refractivity contribution in [1.29, 1.82) is 0 Å². The predicted molar refractivity (Wildman–Crippen MR) is 82.1 cm³/mol. The molecule has 0 saturated heterocycles. The lowest BCUT2D eigenvalue weighted by molar-refractivity contribution is -0.122. The van der Waals surface area contributed by atoms with Gasteiger partial charge in [-0.25, -0.2) is 4.98 Å². The van der Waals surface area contributed by atoms with Gasteiger partial charge in [-0.1, -0.05) is 43.3 Å². The minimum absolute atomic E-state index is 0.0412. The smallest absolute Gasteiger partial charge is 0.227 e. The third kappa shape index (κ3) is 4.05. The van der Waals surface area contributed by atoms with Crippen molar-refractivity contribution in [2.75, 3.05) is 7.11 Å². The van der Waals surface area contributed by atoms with E-state index >= 15 is 0 Å². The molecule has 110 valence electrons. The Bertz CT molecular complexity index is 567. The molecule has 2 rings (SSSR count). The van der Waals surface area contributed by atoms with Crippen molar-refractivity contribution in [2.45, 2.75) is 25.8 Å². The van der Waals surface area contributed by atoms with Gasteiger partial charge in [0.15, 0.2) is 0 Å². The molecule has 0 aliphatic carbocycles. The third-order valence-electron chi connectivity index (χ3n) is 3.40. The fourth-order valence-corrected chi connectivity index (χ4v) is 2.21. The van der Waals surface area contributed by atoms with E-state index in [2.05, 4.69) is 10.3 Å². The Hall–Kier alpha value is -2.36. The first-order valence-electron chi connectivity index (χ1n) is 7.06. The quantitative estimate of drug-likeness (QED) is 0.887. The summed E-state index contributed by atoms with van der Waals surface area (Å²) >= 11 is 0. The second-order valence-electron chi connectivity index (χ2n) is 4.80. The number of pyridine rings is 1. The molecule has 0 aliphatic heterocycles. The Balaban J connectivity index is 1.96. The van der Waals surface area contributed by atoms with Crippen LogP contribution in [-0.4, -0.2) is 18.0 Å². The molecule has 0 radical (unpaired) electrons. The van der Waals surface area contributed by atoms with Crippen LogP contribution >= 0.6 is 0 Å². The molecule has 1 amide bonds. The van der Waals surface area contributed by atoms with Crippen LogP contribution in [0.2, 0.25) is 0 Å². The lowest BCUT2D eigenvalue weighted by Gasteiger charge is -2.15. The topological polar surface area (TPSA) is 51.2 Å². The molecule has 0 saturated carbocycles. The Morgan fingerprint density at radius 3 is 2.57 bits per heavy atom. The molecule has 1 N–H and O–H groups in total. The fourth-order valence-electron chi connectivity index (χ4n) is 2.21. The zero-order valence-corrected chi connectivity index (χ0v) is 12.4. The minimum atomic E-state index is -0.114. The van der Waals surface area contributed by atoms with Gasteiger partial charge in [-0.3, -0.25) is 4.79 Å². The second kappa shape index (κ2) is 7.43. The molecule has 0 spiro atoms. The zero-order valence-electron chi connectivity index (χ0n) is 12.4. The predicted octanol–water partition coefficient (Wildman–Crippen LogP) is 2.90. The fraction of sp³-hybridized carbons (Fsp3) is 0.294. The van der Waals surface area contributed by atoms with E-state index in [4.69, 9.17) is 4.74 Å². The first kappa shape index (κ1) is 15.0. The number of aromatic nitrogens is 1. The van der Waals surface area contributed by atoms with E-state index in [1.807, 2.05) is 43.3 Å². The van der Waals surface area contributed by atoms with Gasteiger partial charge in [-0.2, -0.15) is 0 Å². The van der Waals surface area contributed by atoms with Crippen molar-refractivity contribution in [1.82, 2.24) is 10.3 Å². The number of benzene rings is 1. The lowest BCUT2D eigenvalue weighted by Crippen LogP contribution is -2.28. The van der Waals surface area contributed by atoms with E-state index in [1.54, 1.807) is 19.4 Å². The van der Waals surface area contributed by atoms with Crippen molar-refractivity contribution in [3.63, 3.8) is 0 Å². The number of carbonyl (C=O) groups is 1. The molecule has 4 nitrogen and oxygen atoms in total. The summed E-state index contributed by atoms with van der Waals surface area (Å²) < 4.78 is 5.01. The summed E-state index contributed by atoms with van der Waals surface area (Å²) in [6.07, 6.45) is 2.49. The van der Waals surface area contributed by atoms with Crippen LogP contribution in [0, 0.1) is 0 Å². The molecule has 1 aromatic heterocycles. The lowest BCUT2D eigenvalue weighted by atomic mass is 9.95. The van der Waals surface area contributed by atoms with E-state index in [0.29, 0.717) is 12.4 Å². The largest absolute Gasteiger partial charge is 0.481 e. The van der Waals surface area contributed by atoms with Crippen LogP contribution in [0.25, 0.3) is 0 Å². The molecule has 1 aromatic carbocycles. The van der Waals surface area contributed by atoms with Gasteiger partial charge in [-0.05, 0) is 17.5 Å². The summed E-state index contributed by atoms with van der Waals surface area (Å²) in [5, 5.41) is 2.97. The standard InChI is InChI=1S/C17H20N2O2/c1-3-15(14-7-5-4-6-8-14)17(20)19-12-13-9-10-16(21-2)18-11-13/h4-11,15H,3,12H2,1-2H3,(H,19,20). The Kier molecular flexibility index (Phi) is 5.32. The van der Waals surface area contributed by atoms with E-state index in [0.717, 1.165) is 17.5 Å². The average Bonchev–Trinajstić information content (AvgIpc) is 2.55. The van der Waals surface area contributed by atoms with Crippen LogP contribution in [0.15, 0.2) is 48.7 Å². The van der Waals surface area contributed by atoms with Crippen LogP contribution in [0.4, 0.5) is 0 Å². The number of hydrogen-bond donors (Lipinski definition) is 1. The first-order chi connectivity index (χ1) is 10.2. The van der Waals surface area contributed by atoms with Crippen molar-refractivity contribution in [3.05, 3.63) is 59.8 Å². The van der Waals surface area contributed by atoms with Crippen LogP contribution in [0.5, 0.6) is 5.88 Å². The van der Waals surface area contributed by atoms with Crippen molar-refractivity contribution in [3.8, 4) is 5.88 Å². The number of amides is 1. The van der Waals surface area contributed by atoms with Crippen molar-refractivity contribution in [2.24, 2.45) is 0 Å². The highest BCUT2D eigenvalue weighted by molar-refractivity contribution is 5.83. The summed E-state index contributed by atoms with van der Waals surface area (Å²) in [6, 6.07) is 13.5. The highest BCUT2D eigenvalue weighted by atomic mass is 16.5. The van der Waals surface area contributed by atoms with Crippen LogP contribution < -0.4 is 10.1 Å². The summed E-state index contributed by atoms with van der Waals surface area (Å²) in [4.78, 5) is 16.4. The molecular formula is C17H20N2O2. The maximum atomic E-state index is 12.3. The van der Waals surface area contributed by atoms with Gasteiger partial charge < -0.3 is 10.1 Å². The molecule has 2 aromatic rings. The van der Waals surface area contributed by atoms with E-state index in [1.165, 1.54) is 0 Å². The first-order valence-corrected chi connectivity index (χ1v) is 7.06. The molecular weight excluding hydrogens is 264 g/mol. The molecule has 1 unspecified atom stereocenters. The Labute approximate surface area is 125 Å². The molecule has 1 atom stereocenters. The molecule has 4 heteroatoms. The van der Waals surface area contributed by atoms with Gasteiger partial charge in [-0.15, -0.1) is 0 Å². The molecule has 0 bridgehead atoms. The summed E-state index contributed by atoms with van der Waals surface area (Å²) in [6.45, 7) is 2.49. The number of nitrogens with zero attached hydrogens (tertiary/aromatic N) is 1. The summed E-state index contributed by atoms with van der Waals surface area (Å²) in [7, 11) is 1.58. The van der Waals surface area contributed by atoms with Gasteiger partial charge in [0, 0.05) is 18.8 Å². The van der Waals surface area contributed by atoms with Crippen LogP contribution in [0.1, 0.15) is 30.4 Å². The number of rotatable bonds is 6. The zero-order chi connectivity index (χ0) is 15.1. The van der Waals surface area contributed by atoms with Gasteiger partial charge in [0.25, 0.3) is 0 Å². The highest BCUT2D eigenvalue weighted by Gasteiger charge is 2.17. The van der Waals surface area contributed by atoms with Gasteiger partial charge in [0.2, 0.25) is 11.8 Å². The Morgan fingerprint density at radius 2 is 2.00 bits per heavy atom. The molecule has 1 heterocycles. The van der Waals surface area contributed by atoms with E-state index in [-0.39, 0.29) is 11.8 Å². The number of hydrogen-bond acceptors (Lipinski definition) is 3. The molecule has 0 fully saturated rings. The normalized spacial score (nSPS) is 11.7. The number of carbonyl (C=O) groups excluding carboxylic acids is 1. The summed E-state index contributed by atoms with van der Waals surface area (Å²) in [5.74, 6) is 0.498. The monoisotopic (exact) mass is 284 g/mol. The number of methoxy groups -OCH3 is 1. The third-order valence-corrected chi connectivity index (χ3v) is 3.40. The number of nitrogens with one attached hydrogen (secondary N) is 1.